The first-order chi connectivity index (χ1) is 33.4. The third-order valence-corrected chi connectivity index (χ3v) is 13.7. The molecule has 70 heavy (non-hydrogen) atoms. The lowest BCUT2D eigenvalue weighted by atomic mass is 9.89. The van der Waals surface area contributed by atoms with Gasteiger partial charge in [0.2, 0.25) is 29.5 Å². The molecule has 5 amide bonds. The Bertz CT molecular complexity index is 2050. The predicted octanol–water partition coefficient (Wildman–Crippen LogP) is 5.30. The second-order valence-corrected chi connectivity index (χ2v) is 19.2. The Labute approximate surface area is 414 Å². The largest absolute Gasteiger partial charge is 0.507 e. The minimum absolute atomic E-state index is 0.101. The van der Waals surface area contributed by atoms with E-state index in [9.17, 15) is 59.1 Å². The van der Waals surface area contributed by atoms with Gasteiger partial charge >= 0.3 is 0 Å². The third kappa shape index (κ3) is 17.5. The van der Waals surface area contributed by atoms with Crippen molar-refractivity contribution in [2.75, 3.05) is 33.9 Å². The number of benzene rings is 2. The maximum Gasteiger partial charge on any atom is 0.245 e. The van der Waals surface area contributed by atoms with Crippen LogP contribution in [0.2, 0.25) is 0 Å². The van der Waals surface area contributed by atoms with Gasteiger partial charge in [-0.1, -0.05) is 110 Å². The average molecular weight is 980 g/mol. The average Bonchev–Trinajstić information content (AvgIpc) is 3.34. The van der Waals surface area contributed by atoms with Crippen molar-refractivity contribution in [1.29, 1.82) is 0 Å². The van der Waals surface area contributed by atoms with Crippen molar-refractivity contribution in [3.8, 4) is 22.6 Å². The number of aromatic hydroxyl groups is 2. The lowest BCUT2D eigenvalue weighted by Crippen LogP contribution is -2.59. The van der Waals surface area contributed by atoms with E-state index in [1.807, 2.05) is 0 Å². The summed E-state index contributed by atoms with van der Waals surface area (Å²) >= 11 is 0. The van der Waals surface area contributed by atoms with E-state index < -0.39 is 97.1 Å². The second-order valence-electron chi connectivity index (χ2n) is 19.2. The molecule has 5 atom stereocenters. The number of aliphatic hydroxyl groups is 3. The number of aliphatic hydroxyl groups excluding tert-OH is 3. The molecule has 0 unspecified atom stereocenters. The van der Waals surface area contributed by atoms with Gasteiger partial charge in [0.05, 0.1) is 31.4 Å². The van der Waals surface area contributed by atoms with Crippen molar-refractivity contribution in [3.63, 3.8) is 0 Å². The number of ketones is 2. The highest BCUT2D eigenvalue weighted by molar-refractivity contribution is 5.97. The molecule has 0 fully saturated rings. The van der Waals surface area contributed by atoms with E-state index in [0.717, 1.165) is 24.2 Å². The van der Waals surface area contributed by atoms with E-state index in [1.54, 1.807) is 6.92 Å². The normalized spacial score (nSPS) is 17.1. The van der Waals surface area contributed by atoms with Gasteiger partial charge in [0.25, 0.3) is 0 Å². The third-order valence-electron chi connectivity index (χ3n) is 13.7. The first kappa shape index (κ1) is 58.9. The van der Waals surface area contributed by atoms with Crippen LogP contribution in [0.1, 0.15) is 160 Å². The number of unbranched alkanes of at least 4 members (excludes halogenated alkanes) is 12. The number of phenols is 2. The summed E-state index contributed by atoms with van der Waals surface area (Å²) < 4.78 is 0. The van der Waals surface area contributed by atoms with Gasteiger partial charge in [-0.15, -0.1) is 0 Å². The van der Waals surface area contributed by atoms with Crippen LogP contribution in [0.4, 0.5) is 0 Å². The molecular formula is C53H81N5O12. The molecule has 0 aromatic heterocycles. The molecule has 1 aliphatic heterocycles. The summed E-state index contributed by atoms with van der Waals surface area (Å²) in [5.41, 5.74) is -0.469. The summed E-state index contributed by atoms with van der Waals surface area (Å²) in [4.78, 5) is 97.5. The monoisotopic (exact) mass is 980 g/mol. The van der Waals surface area contributed by atoms with Gasteiger partial charge in [-0.3, -0.25) is 33.6 Å². The van der Waals surface area contributed by atoms with E-state index in [2.05, 4.69) is 22.9 Å². The first-order valence-corrected chi connectivity index (χ1v) is 25.3. The quantitative estimate of drug-likeness (QED) is 0.0505. The smallest absolute Gasteiger partial charge is 0.245 e. The fraction of sp³-hybridized carbons (Fsp3) is 0.642. The van der Waals surface area contributed by atoms with Crippen LogP contribution in [-0.4, -0.2) is 134 Å². The summed E-state index contributed by atoms with van der Waals surface area (Å²) in [6.45, 7) is 4.97. The Kier molecular flexibility index (Phi) is 25.0. The maximum absolute atomic E-state index is 14.3. The zero-order valence-corrected chi connectivity index (χ0v) is 42.4. The summed E-state index contributed by atoms with van der Waals surface area (Å²) in [5, 5.41) is 60.1. The van der Waals surface area contributed by atoms with Crippen molar-refractivity contribution in [3.05, 3.63) is 47.5 Å². The molecule has 8 N–H and O–H groups in total. The molecular weight excluding hydrogens is 899 g/mol. The zero-order valence-electron chi connectivity index (χ0n) is 42.4. The van der Waals surface area contributed by atoms with Gasteiger partial charge in [-0.2, -0.15) is 0 Å². The topological polar surface area (TPSA) is 263 Å². The Morgan fingerprint density at radius 3 is 1.86 bits per heavy atom. The minimum Gasteiger partial charge on any atom is -0.507 e. The molecule has 2 aromatic carbocycles. The van der Waals surface area contributed by atoms with Gasteiger partial charge in [-0.05, 0) is 55.2 Å². The van der Waals surface area contributed by atoms with Crippen LogP contribution in [0.25, 0.3) is 11.1 Å². The number of rotatable bonds is 28. The van der Waals surface area contributed by atoms with E-state index in [0.29, 0.717) is 12.0 Å². The number of Topliss-reactive ketones (excluding diaryl/α,β-unsaturated/α-hetero) is 2. The van der Waals surface area contributed by atoms with Gasteiger partial charge in [-0.25, -0.2) is 0 Å². The van der Waals surface area contributed by atoms with Crippen LogP contribution in [0.3, 0.4) is 0 Å². The zero-order chi connectivity index (χ0) is 52.0. The molecule has 0 saturated heterocycles. The van der Waals surface area contributed by atoms with Crippen LogP contribution in [-0.2, 0) is 40.0 Å². The lowest BCUT2D eigenvalue weighted by molar-refractivity contribution is -0.142. The van der Waals surface area contributed by atoms with Crippen LogP contribution < -0.4 is 16.0 Å². The van der Waals surface area contributed by atoms with Crippen LogP contribution in [0, 0.1) is 5.92 Å². The molecule has 1 aliphatic rings. The molecule has 390 valence electrons. The van der Waals surface area contributed by atoms with Crippen molar-refractivity contribution < 1.29 is 59.1 Å². The first-order valence-electron chi connectivity index (χ1n) is 25.3. The van der Waals surface area contributed by atoms with E-state index in [1.165, 1.54) is 127 Å². The van der Waals surface area contributed by atoms with E-state index in [4.69, 9.17) is 0 Å². The van der Waals surface area contributed by atoms with E-state index >= 15 is 0 Å². The SMILES string of the molecule is CCCCCCCCCCCCCCCC(=O)N(C)[C@H](CO)C(=O)N[C@H](C)C(=O)CCC(=O)N(C)[C@@H]1C(=O)C[C@@H](C)C(=O)N[C@H](C(=O)NC(CC)(CO)CO)Cc2ccc(O)c(c2)-c2cc1ccc2O. The number of hydrogen-bond acceptors (Lipinski definition) is 12. The molecule has 0 aliphatic carbocycles. The van der Waals surface area contributed by atoms with Gasteiger partial charge in [0.15, 0.2) is 11.6 Å². The van der Waals surface area contributed by atoms with Gasteiger partial charge in [0, 0.05) is 63.2 Å². The van der Waals surface area contributed by atoms with Crippen LogP contribution in [0.15, 0.2) is 36.4 Å². The van der Waals surface area contributed by atoms with Crippen molar-refractivity contribution in [2.45, 2.75) is 179 Å². The fourth-order valence-corrected chi connectivity index (χ4v) is 8.73. The highest BCUT2D eigenvalue weighted by Crippen LogP contribution is 2.39. The molecule has 1 heterocycles. The Morgan fingerprint density at radius 1 is 0.743 bits per heavy atom. The van der Waals surface area contributed by atoms with Crippen molar-refractivity contribution in [2.24, 2.45) is 5.92 Å². The number of carbonyl (C=O) groups is 7. The Hall–Kier alpha value is -5.39. The standard InChI is InChI=1S/C53H81N5O12/c1-7-9-10-11-12-13-14-15-16-17-18-19-20-21-47(66)57(5)42(32-59)52(70)54-36(4)43(62)26-27-48(67)58(6)49-38-23-25-45(64)40(31-38)39-29-37(22-24-44(39)63)30-41(55-50(68)35(3)28-46(49)65)51(69)56-53(8-2,33-60)34-61/h22-25,29,31,35-36,41-42,49,59-61,63-64H,7-21,26-28,30,32-34H2,1-6H3,(H,54,70)(H,55,68)(H,56,69)/t35-,36-,41+,42-,49+/m1/s1. The molecule has 0 saturated carbocycles. The van der Waals surface area contributed by atoms with Gasteiger partial charge in [0.1, 0.15) is 29.6 Å². The minimum atomic E-state index is -1.39. The van der Waals surface area contributed by atoms with E-state index in [-0.39, 0.29) is 66.2 Å². The molecule has 3 rings (SSSR count). The fourth-order valence-electron chi connectivity index (χ4n) is 8.73. The van der Waals surface area contributed by atoms with Crippen LogP contribution in [0.5, 0.6) is 11.5 Å². The maximum atomic E-state index is 14.3. The molecule has 2 aromatic rings. The molecule has 0 radical (unpaired) electrons. The number of nitrogens with one attached hydrogen (secondary N) is 3. The Balaban J connectivity index is 1.68. The predicted molar refractivity (Wildman–Crippen MR) is 266 cm³/mol. The summed E-state index contributed by atoms with van der Waals surface area (Å²) in [6.07, 6.45) is 14.3. The number of fused-ring (bicyclic) bond motifs is 5. The molecule has 4 bridgehead atoms. The summed E-state index contributed by atoms with van der Waals surface area (Å²) in [6, 6.07) is 3.64. The van der Waals surface area contributed by atoms with Crippen molar-refractivity contribution >= 4 is 41.1 Å². The number of nitrogens with zero attached hydrogens (tertiary/aromatic N) is 2. The molecule has 0 spiro atoms. The summed E-state index contributed by atoms with van der Waals surface area (Å²) in [5.74, 6) is -5.73. The highest BCUT2D eigenvalue weighted by Gasteiger charge is 2.36. The summed E-state index contributed by atoms with van der Waals surface area (Å²) in [7, 11) is 2.80. The Morgan fingerprint density at radius 2 is 1.30 bits per heavy atom. The highest BCUT2D eigenvalue weighted by atomic mass is 16.3. The molecule has 17 heteroatoms. The lowest BCUT2D eigenvalue weighted by Gasteiger charge is -2.32. The second kappa shape index (κ2) is 29.7. The number of hydrogen-bond donors (Lipinski definition) is 8. The van der Waals surface area contributed by atoms with Crippen LogP contribution >= 0.6 is 0 Å². The number of likely N-dealkylation sites (N-methyl/N-ethyl adjacent to an activating group) is 2. The van der Waals surface area contributed by atoms with Crippen molar-refractivity contribution in [1.82, 2.24) is 25.8 Å². The molecule has 17 nitrogen and oxygen atoms in total. The number of phenolic OH excluding ortho intramolecular Hbond substituents is 2. The number of carbonyl (C=O) groups excluding carboxylic acids is 7. The number of amides is 5. The van der Waals surface area contributed by atoms with Gasteiger partial charge < -0.3 is 51.3 Å².